The zero-order chi connectivity index (χ0) is 21.2. The maximum Gasteiger partial charge on any atom is 0.336 e. The summed E-state index contributed by atoms with van der Waals surface area (Å²) in [5, 5.41) is 0.755. The van der Waals surface area contributed by atoms with Crippen molar-refractivity contribution in [1.82, 2.24) is 0 Å². The lowest BCUT2D eigenvalue weighted by atomic mass is 9.78. The van der Waals surface area contributed by atoms with Crippen molar-refractivity contribution < 1.29 is 18.6 Å². The third-order valence-corrected chi connectivity index (χ3v) is 7.32. The van der Waals surface area contributed by atoms with Gasteiger partial charge in [-0.15, -0.1) is 0 Å². The minimum atomic E-state index is -0.561. The average molecular weight is 408 g/mol. The number of fused-ring (bicyclic) bond motifs is 3. The number of hydrogen-bond donors (Lipinski definition) is 0. The molecule has 3 aliphatic rings. The highest BCUT2D eigenvalue weighted by Crippen LogP contribution is 2.59. The first-order valence-electron chi connectivity index (χ1n) is 10.7. The van der Waals surface area contributed by atoms with Gasteiger partial charge in [0.1, 0.15) is 6.10 Å². The quantitative estimate of drug-likeness (QED) is 0.491. The molecule has 1 fully saturated rings. The van der Waals surface area contributed by atoms with E-state index in [1.54, 1.807) is 13.2 Å². The van der Waals surface area contributed by atoms with Crippen molar-refractivity contribution in [2.75, 3.05) is 7.11 Å². The van der Waals surface area contributed by atoms with E-state index < -0.39 is 11.2 Å². The third kappa shape index (κ3) is 2.57. The summed E-state index contributed by atoms with van der Waals surface area (Å²) in [4.78, 5) is 12.0. The normalized spacial score (nSPS) is 29.9. The van der Waals surface area contributed by atoms with Crippen LogP contribution in [0.2, 0.25) is 0 Å². The van der Waals surface area contributed by atoms with Crippen LogP contribution in [0.3, 0.4) is 0 Å². The molecule has 5 nitrogen and oxygen atoms in total. The van der Waals surface area contributed by atoms with Gasteiger partial charge in [0.25, 0.3) is 0 Å². The van der Waals surface area contributed by atoms with Gasteiger partial charge in [0.15, 0.2) is 16.9 Å². The number of allylic oxidation sites excluding steroid dienone is 1. The Bertz CT molecular complexity index is 1140. The lowest BCUT2D eigenvalue weighted by Gasteiger charge is -2.45. The molecule has 1 spiro atoms. The fourth-order valence-electron chi connectivity index (χ4n) is 5.63. The molecule has 2 heterocycles. The van der Waals surface area contributed by atoms with E-state index in [-0.39, 0.29) is 12.0 Å². The van der Waals surface area contributed by atoms with Crippen LogP contribution >= 0.6 is 0 Å². The Labute approximate surface area is 176 Å². The second-order valence-corrected chi connectivity index (χ2v) is 9.10. The molecule has 2 aromatic rings. The Balaban J connectivity index is 1.73. The number of ether oxygens (including phenoxy) is 3. The van der Waals surface area contributed by atoms with Crippen molar-refractivity contribution in [2.24, 2.45) is 11.8 Å². The fraction of sp³-hybridized carbons (Fsp3) is 0.480. The fourth-order valence-corrected chi connectivity index (χ4v) is 5.63. The molecule has 0 unspecified atom stereocenters. The van der Waals surface area contributed by atoms with Gasteiger partial charge in [-0.05, 0) is 56.7 Å². The van der Waals surface area contributed by atoms with Gasteiger partial charge in [-0.3, -0.25) is 0 Å². The Kier molecular flexibility index (Phi) is 4.28. The van der Waals surface area contributed by atoms with Gasteiger partial charge in [-0.2, -0.15) is 0 Å². The van der Waals surface area contributed by atoms with E-state index in [9.17, 15) is 4.79 Å². The van der Waals surface area contributed by atoms with Crippen LogP contribution in [-0.4, -0.2) is 18.8 Å². The molecule has 0 bridgehead atoms. The summed E-state index contributed by atoms with van der Waals surface area (Å²) in [6, 6.07) is 4.99. The molecular formula is C25H28O5. The first-order valence-corrected chi connectivity index (χ1v) is 10.7. The number of rotatable bonds is 2. The average Bonchev–Trinajstić information content (AvgIpc) is 2.90. The molecular weight excluding hydrogens is 380 g/mol. The maximum absolute atomic E-state index is 12.0. The van der Waals surface area contributed by atoms with Crippen molar-refractivity contribution in [1.29, 1.82) is 0 Å². The summed E-state index contributed by atoms with van der Waals surface area (Å²) in [6.45, 7) is 10.8. The Morgan fingerprint density at radius 1 is 1.23 bits per heavy atom. The van der Waals surface area contributed by atoms with Crippen molar-refractivity contribution in [3.05, 3.63) is 51.9 Å². The Hall–Kier alpha value is -2.69. The zero-order valence-corrected chi connectivity index (χ0v) is 18.0. The van der Waals surface area contributed by atoms with Gasteiger partial charge in [-0.25, -0.2) is 4.79 Å². The highest BCUT2D eigenvalue weighted by molar-refractivity contribution is 5.88. The third-order valence-electron chi connectivity index (χ3n) is 7.32. The highest BCUT2D eigenvalue weighted by atomic mass is 16.6. The number of benzene rings is 1. The summed E-state index contributed by atoms with van der Waals surface area (Å²) in [6.07, 6.45) is 3.75. The molecule has 5 heteroatoms. The molecule has 2 aliphatic carbocycles. The predicted octanol–water partition coefficient (Wildman–Crippen LogP) is 5.41. The van der Waals surface area contributed by atoms with Gasteiger partial charge in [0, 0.05) is 23.8 Å². The SMILES string of the molecule is C=C(C)[C@H]1CC[C@H](C)[C@]23Oc4c(c(OC)cc5ccc(=O)oc45)O[C@H]2CC(C)=C3C1. The van der Waals surface area contributed by atoms with Crippen molar-refractivity contribution >= 4 is 11.0 Å². The zero-order valence-electron chi connectivity index (χ0n) is 18.0. The summed E-state index contributed by atoms with van der Waals surface area (Å²) < 4.78 is 24.7. The van der Waals surface area contributed by atoms with Gasteiger partial charge in [-0.1, -0.05) is 24.6 Å². The molecule has 4 atom stereocenters. The molecule has 0 amide bonds. The van der Waals surface area contributed by atoms with E-state index >= 15 is 0 Å². The van der Waals surface area contributed by atoms with Crippen LogP contribution in [0.1, 0.15) is 46.5 Å². The van der Waals surface area contributed by atoms with Gasteiger partial charge >= 0.3 is 5.63 Å². The summed E-state index contributed by atoms with van der Waals surface area (Å²) in [5.74, 6) is 2.29. The molecule has 30 heavy (non-hydrogen) atoms. The lowest BCUT2D eigenvalue weighted by Crippen LogP contribution is -2.55. The van der Waals surface area contributed by atoms with E-state index in [1.807, 2.05) is 6.07 Å². The summed E-state index contributed by atoms with van der Waals surface area (Å²) >= 11 is 0. The summed E-state index contributed by atoms with van der Waals surface area (Å²) in [7, 11) is 1.61. The minimum absolute atomic E-state index is 0.124. The lowest BCUT2D eigenvalue weighted by molar-refractivity contribution is -0.0653. The number of hydrogen-bond acceptors (Lipinski definition) is 5. The van der Waals surface area contributed by atoms with E-state index in [0.29, 0.717) is 28.7 Å². The molecule has 5 rings (SSSR count). The van der Waals surface area contributed by atoms with Crippen LogP contribution in [0.4, 0.5) is 0 Å². The first-order chi connectivity index (χ1) is 14.3. The second kappa shape index (κ2) is 6.66. The molecule has 0 saturated heterocycles. The molecule has 158 valence electrons. The Morgan fingerprint density at radius 3 is 2.77 bits per heavy atom. The first kappa shape index (κ1) is 19.3. The largest absolute Gasteiger partial charge is 0.493 e. The molecule has 0 radical (unpaired) electrons. The van der Waals surface area contributed by atoms with Crippen molar-refractivity contribution in [3.63, 3.8) is 0 Å². The highest BCUT2D eigenvalue weighted by Gasteiger charge is 2.59. The topological polar surface area (TPSA) is 57.9 Å². The van der Waals surface area contributed by atoms with Gasteiger partial charge in [0.05, 0.1) is 7.11 Å². The van der Waals surface area contributed by atoms with E-state index in [0.717, 1.165) is 31.1 Å². The predicted molar refractivity (Wildman–Crippen MR) is 115 cm³/mol. The number of methoxy groups -OCH3 is 1. The van der Waals surface area contributed by atoms with Crippen LogP contribution in [-0.2, 0) is 0 Å². The van der Waals surface area contributed by atoms with E-state index in [2.05, 4.69) is 27.4 Å². The molecule has 0 N–H and O–H groups in total. The summed E-state index contributed by atoms with van der Waals surface area (Å²) in [5.41, 5.74) is 3.33. The molecule has 1 aromatic carbocycles. The van der Waals surface area contributed by atoms with Gasteiger partial charge in [0.2, 0.25) is 11.5 Å². The Morgan fingerprint density at radius 2 is 2.03 bits per heavy atom. The van der Waals surface area contributed by atoms with Crippen molar-refractivity contribution in [2.45, 2.75) is 58.2 Å². The van der Waals surface area contributed by atoms with Crippen LogP contribution in [0.15, 0.2) is 50.7 Å². The van der Waals surface area contributed by atoms with E-state index in [1.165, 1.54) is 22.8 Å². The minimum Gasteiger partial charge on any atom is -0.493 e. The second-order valence-electron chi connectivity index (χ2n) is 9.10. The monoisotopic (exact) mass is 408 g/mol. The van der Waals surface area contributed by atoms with Crippen LogP contribution in [0.5, 0.6) is 17.2 Å². The van der Waals surface area contributed by atoms with Crippen LogP contribution < -0.4 is 19.8 Å². The van der Waals surface area contributed by atoms with Crippen LogP contribution in [0, 0.1) is 11.8 Å². The van der Waals surface area contributed by atoms with Crippen molar-refractivity contribution in [3.8, 4) is 17.2 Å². The van der Waals surface area contributed by atoms with E-state index in [4.69, 9.17) is 18.6 Å². The standard InChI is InChI=1S/C25H28O5/c1-13(2)16-7-6-15(4)25-18(11-16)14(3)10-20(25)28-23-19(27-5)12-17-8-9-21(26)29-22(17)24(23)30-25/h8-9,12,15-16,20H,1,6-7,10-11H2,2-5H3/t15-,16-,20-,25+/m0/s1. The molecule has 1 aromatic heterocycles. The smallest absolute Gasteiger partial charge is 0.336 e. The maximum atomic E-state index is 12.0. The molecule has 1 aliphatic heterocycles. The van der Waals surface area contributed by atoms with Gasteiger partial charge < -0.3 is 18.6 Å². The molecule has 1 saturated carbocycles. The van der Waals surface area contributed by atoms with Crippen LogP contribution in [0.25, 0.3) is 11.0 Å².